The maximum Gasteiger partial charge on any atom is 0.737 e. The Morgan fingerprint density at radius 2 is 1.53 bits per heavy atom. The largest absolute Gasteiger partial charge is 0.737 e. The molecule has 3 aliphatic rings. The summed E-state index contributed by atoms with van der Waals surface area (Å²) in [6.45, 7) is 0.510. The normalized spacial score (nSPS) is 16.0. The van der Waals surface area contributed by atoms with Gasteiger partial charge < -0.3 is 69.8 Å². The summed E-state index contributed by atoms with van der Waals surface area (Å²) in [4.78, 5) is 94.5. The standard InChI is InChI=1S/C62H69BF2N12O10S/c1-39(2)58(71-56(79)28-31-74-29-26-48(27-30-74)87-53-12-7-6-11-42(53)33-41-9-4-3-5-10-41)62(85)68-49(23-25-57(80)81)60(83)69-50(35-55(66)78)61(84)70-51(59(67)82)37-75-36-43(72-73-75)38-86-47-21-15-40(16-22-47)14-17-44-18-19-45-34-46-20-24-52(54-13-8-32-88-54)77(46)63(64,65)76(44)45/h3-22,24,32,34,36,39,48-51,58H,23,25-31,33,35,37-38H2,1-2H3,(H2,66,78)(H2,67,82)(H,68,85)(H,69,83)(H,70,84)(H,71,79)(H,80,81)/b17-14+/t49-,50-,51-,58-/m0/s1. The van der Waals surface area contributed by atoms with Crippen molar-refractivity contribution in [2.45, 2.75) is 102 Å². The lowest BCUT2D eigenvalue weighted by molar-refractivity contribution is -0.360. The number of aromatic nitrogens is 4. The number of rotatable bonds is 29. The number of aliphatic carboxylic acids is 1. The molecule has 6 heterocycles. The van der Waals surface area contributed by atoms with Crippen molar-refractivity contribution < 1.29 is 61.3 Å². The molecule has 1 saturated heterocycles. The molecule has 0 aliphatic carbocycles. The number of halogens is 2. The zero-order valence-corrected chi connectivity index (χ0v) is 49.3. The number of thiophene rings is 1. The Kier molecular flexibility index (Phi) is 20.6. The molecule has 0 bridgehead atoms. The number of amides is 6. The molecule has 1 fully saturated rings. The van der Waals surface area contributed by atoms with Gasteiger partial charge in [0.05, 0.1) is 24.0 Å². The first kappa shape index (κ1) is 63.0. The highest BCUT2D eigenvalue weighted by atomic mass is 32.1. The van der Waals surface area contributed by atoms with E-state index in [-0.39, 0.29) is 25.7 Å². The average Bonchev–Trinajstić information content (AvgIpc) is 1.73. The van der Waals surface area contributed by atoms with Crippen molar-refractivity contribution in [3.8, 4) is 11.5 Å². The summed E-state index contributed by atoms with van der Waals surface area (Å²) >= 11 is 1.39. The van der Waals surface area contributed by atoms with E-state index in [1.54, 1.807) is 80.6 Å². The number of carbonyl (C=O) groups is 7. The molecular formula is C62H69BF2N12O10S. The van der Waals surface area contributed by atoms with Crippen LogP contribution in [-0.2, 0) is 53.1 Å². The van der Waals surface area contributed by atoms with Crippen LogP contribution in [0.4, 0.5) is 8.63 Å². The number of carbonyl (C=O) groups excluding carboxylic acids is 6. The third-order valence-electron chi connectivity index (χ3n) is 15.2. The quantitative estimate of drug-likeness (QED) is 0.0309. The second kappa shape index (κ2) is 28.8. The lowest BCUT2D eigenvalue weighted by atomic mass is 9.90. The van der Waals surface area contributed by atoms with Gasteiger partial charge in [-0.05, 0) is 89.7 Å². The molecule has 3 aliphatic heterocycles. The summed E-state index contributed by atoms with van der Waals surface area (Å²) in [5.74, 6) is -5.90. The number of likely N-dealkylation sites (tertiary alicyclic amines) is 1. The van der Waals surface area contributed by atoms with Crippen LogP contribution in [0.1, 0.15) is 91.0 Å². The predicted molar refractivity (Wildman–Crippen MR) is 326 cm³/mol. The van der Waals surface area contributed by atoms with Crippen molar-refractivity contribution in [1.29, 1.82) is 0 Å². The fraction of sp³-hybridized carbons (Fsp3) is 0.323. The number of primary amides is 2. The smallest absolute Gasteiger partial charge is 0.490 e. The van der Waals surface area contributed by atoms with Gasteiger partial charge in [0.25, 0.3) is 0 Å². The highest BCUT2D eigenvalue weighted by Gasteiger charge is 2.52. The van der Waals surface area contributed by atoms with Crippen LogP contribution in [0, 0.1) is 5.92 Å². The van der Waals surface area contributed by atoms with Crippen LogP contribution >= 0.6 is 11.3 Å². The lowest BCUT2D eigenvalue weighted by Gasteiger charge is -2.32. The number of allylic oxidation sites excluding steroid dienone is 2. The Morgan fingerprint density at radius 1 is 0.818 bits per heavy atom. The summed E-state index contributed by atoms with van der Waals surface area (Å²) in [6.07, 6.45) is 10.4. The summed E-state index contributed by atoms with van der Waals surface area (Å²) < 4.78 is 48.3. The number of nitrogens with one attached hydrogen (secondary N) is 4. The van der Waals surface area contributed by atoms with Gasteiger partial charge in [-0.25, -0.2) is 4.68 Å². The zero-order valence-electron chi connectivity index (χ0n) is 48.5. The van der Waals surface area contributed by atoms with Crippen LogP contribution in [0.3, 0.4) is 0 Å². The van der Waals surface area contributed by atoms with Crippen LogP contribution in [0.15, 0.2) is 133 Å². The average molecular weight is 1220 g/mol. The number of nitrogens with zero attached hydrogens (tertiary/aromatic N) is 6. The maximum absolute atomic E-state index is 16.3. The van der Waals surface area contributed by atoms with Crippen molar-refractivity contribution in [1.82, 2.24) is 45.6 Å². The number of fused-ring (bicyclic) bond motifs is 2. The van der Waals surface area contributed by atoms with Gasteiger partial charge in [-0.1, -0.05) is 91.9 Å². The van der Waals surface area contributed by atoms with Gasteiger partial charge in [0, 0.05) is 68.5 Å². The first-order valence-electron chi connectivity index (χ1n) is 28.9. The van der Waals surface area contributed by atoms with Crippen molar-refractivity contribution >= 4 is 83.7 Å². The number of carboxylic acids is 1. The van der Waals surface area contributed by atoms with Crippen LogP contribution in [0.2, 0.25) is 0 Å². The molecule has 6 amide bonds. The van der Waals surface area contributed by atoms with Gasteiger partial charge >= 0.3 is 12.9 Å². The molecule has 460 valence electrons. The fourth-order valence-electron chi connectivity index (χ4n) is 10.6. The van der Waals surface area contributed by atoms with Crippen molar-refractivity contribution in [2.75, 3.05) is 19.6 Å². The number of para-hydroxylation sites is 1. The Labute approximate surface area is 510 Å². The topological polar surface area (TPSA) is 300 Å². The summed E-state index contributed by atoms with van der Waals surface area (Å²) in [7, 11) is 0. The second-order valence-corrected chi connectivity index (χ2v) is 23.0. The maximum atomic E-state index is 16.3. The van der Waals surface area contributed by atoms with Crippen LogP contribution in [0.25, 0.3) is 18.2 Å². The minimum atomic E-state index is -4.21. The molecule has 0 radical (unpaired) electrons. The number of hydrogen-bond acceptors (Lipinski definition) is 13. The van der Waals surface area contributed by atoms with Crippen molar-refractivity contribution in [2.24, 2.45) is 17.4 Å². The Morgan fingerprint density at radius 3 is 2.24 bits per heavy atom. The first-order chi connectivity index (χ1) is 42.3. The minimum Gasteiger partial charge on any atom is -0.490 e. The molecule has 26 heteroatoms. The molecule has 0 unspecified atom stereocenters. The van der Waals surface area contributed by atoms with E-state index in [4.69, 9.17) is 20.9 Å². The zero-order chi connectivity index (χ0) is 62.5. The number of piperidine rings is 1. The minimum absolute atomic E-state index is 0.00488. The SMILES string of the molecule is CC(C)[C@H](NC(=O)CCN1CCC(Oc2ccccc2Cc2ccccc2)CC1)C(=O)N[C@@H](CCC(=O)O)C(=O)N[C@@H](CC(N)=O)C(=O)N[C@@H](Cn1cc(COc2ccc(/C=C/c3ccc4n3[B-](F)(F)[N+]3=C(c5cccs5)C=CC3=C4)cc2)nn1)C(N)=O. The van der Waals surface area contributed by atoms with E-state index in [0.717, 1.165) is 44.4 Å². The molecule has 6 aromatic rings. The molecule has 4 atom stereocenters. The third kappa shape index (κ3) is 16.3. The molecule has 3 aromatic carbocycles. The Bertz CT molecular complexity index is 3640. The lowest BCUT2D eigenvalue weighted by Crippen LogP contribution is -2.59. The molecule has 9 N–H and O–H groups in total. The highest BCUT2D eigenvalue weighted by Crippen LogP contribution is 2.35. The molecule has 0 saturated carbocycles. The molecule has 3 aromatic heterocycles. The van der Waals surface area contributed by atoms with E-state index in [2.05, 4.69) is 54.7 Å². The van der Waals surface area contributed by atoms with Crippen LogP contribution in [-0.4, -0.2) is 138 Å². The van der Waals surface area contributed by atoms with E-state index >= 15 is 8.63 Å². The fourth-order valence-corrected chi connectivity index (χ4v) is 11.4. The van der Waals surface area contributed by atoms with Gasteiger partial charge in [0.15, 0.2) is 11.4 Å². The van der Waals surface area contributed by atoms with Gasteiger partial charge in [0.2, 0.25) is 35.4 Å². The number of nitrogens with two attached hydrogens (primary N) is 2. The highest BCUT2D eigenvalue weighted by molar-refractivity contribution is 7.12. The van der Waals surface area contributed by atoms with Gasteiger partial charge in [0.1, 0.15) is 54.1 Å². The molecule has 0 spiro atoms. The van der Waals surface area contributed by atoms with Crippen molar-refractivity contribution in [3.05, 3.63) is 171 Å². The van der Waals surface area contributed by atoms with Gasteiger partial charge in [-0.3, -0.25) is 33.6 Å². The van der Waals surface area contributed by atoms with Crippen LogP contribution < -0.4 is 42.2 Å². The van der Waals surface area contributed by atoms with Crippen molar-refractivity contribution in [3.63, 3.8) is 0 Å². The van der Waals surface area contributed by atoms with Gasteiger partial charge in [-0.15, -0.1) is 16.4 Å². The van der Waals surface area contributed by atoms with E-state index in [1.165, 1.54) is 27.8 Å². The van der Waals surface area contributed by atoms with E-state index in [9.17, 15) is 38.7 Å². The predicted octanol–water partition coefficient (Wildman–Crippen LogP) is 4.88. The Balaban J connectivity index is 0.743. The monoisotopic (exact) mass is 1220 g/mol. The van der Waals surface area contributed by atoms with Crippen LogP contribution in [0.5, 0.6) is 11.5 Å². The Hall–Kier alpha value is -9.56. The summed E-state index contributed by atoms with van der Waals surface area (Å²) in [5.41, 5.74) is 16.1. The molecular weight excluding hydrogens is 1150 g/mol. The second-order valence-electron chi connectivity index (χ2n) is 22.1. The number of hydrogen-bond donors (Lipinski definition) is 7. The molecule has 22 nitrogen and oxygen atoms in total. The molecule has 9 rings (SSSR count). The number of benzene rings is 3. The summed E-state index contributed by atoms with van der Waals surface area (Å²) in [6, 6.07) is 26.1. The van der Waals surface area contributed by atoms with E-state index in [1.807, 2.05) is 53.9 Å². The summed E-state index contributed by atoms with van der Waals surface area (Å²) in [5, 5.41) is 29.5. The molecule has 88 heavy (non-hydrogen) atoms. The van der Waals surface area contributed by atoms with E-state index in [0.29, 0.717) is 59.4 Å². The van der Waals surface area contributed by atoms with E-state index < -0.39 is 97.7 Å². The number of carboxylic acid groups (broad SMARTS) is 1. The van der Waals surface area contributed by atoms with Gasteiger partial charge in [-0.2, -0.15) is 0 Å². The third-order valence-corrected chi connectivity index (χ3v) is 16.1. The number of ether oxygens (including phenoxy) is 2. The first-order valence-corrected chi connectivity index (χ1v) is 29.8.